The average Bonchev–Trinajstić information content (AvgIpc) is 3.14. The van der Waals surface area contributed by atoms with Gasteiger partial charge in [0.25, 0.3) is 0 Å². The van der Waals surface area contributed by atoms with Gasteiger partial charge in [-0.05, 0) is 43.6 Å². The van der Waals surface area contributed by atoms with E-state index in [0.29, 0.717) is 24.8 Å². The zero-order valence-corrected chi connectivity index (χ0v) is 20.3. The zero-order chi connectivity index (χ0) is 24.2. The first kappa shape index (κ1) is 23.7. The molecule has 3 aliphatic rings. The molecular formula is C27H35N5O3. The fourth-order valence-corrected chi connectivity index (χ4v) is 5.80. The summed E-state index contributed by atoms with van der Waals surface area (Å²) in [5.41, 5.74) is 3.38. The van der Waals surface area contributed by atoms with Crippen LogP contribution >= 0.6 is 0 Å². The summed E-state index contributed by atoms with van der Waals surface area (Å²) in [5, 5.41) is 8.93. The Morgan fingerprint density at radius 2 is 1.71 bits per heavy atom. The van der Waals surface area contributed by atoms with E-state index in [4.69, 9.17) is 15.1 Å². The second-order valence-corrected chi connectivity index (χ2v) is 10.1. The highest BCUT2D eigenvalue weighted by Crippen LogP contribution is 2.33. The van der Waals surface area contributed by atoms with Gasteiger partial charge in [0.05, 0.1) is 17.6 Å². The van der Waals surface area contributed by atoms with E-state index in [1.165, 1.54) is 5.56 Å². The molecule has 1 N–H and O–H groups in total. The standard InChI is InChI=1S/C27H35N5O3/c33-26(34)11-8-20-6-9-22(10-7-20)31-16-17-32(27(31)35)25-18-28-23-12-14-30(15-13-24(23)29-25)19-21-4-2-1-3-5-21/h1-5,18,20,22H,6-17,19H2,(H,33,34). The quantitative estimate of drug-likeness (QED) is 0.653. The number of amides is 2. The number of anilines is 1. The molecule has 1 aromatic heterocycles. The number of aliphatic carboxylic acids is 1. The van der Waals surface area contributed by atoms with E-state index in [2.05, 4.69) is 29.2 Å². The highest BCUT2D eigenvalue weighted by molar-refractivity contribution is 5.93. The second-order valence-electron chi connectivity index (χ2n) is 10.1. The molecule has 0 bridgehead atoms. The number of nitrogens with zero attached hydrogens (tertiary/aromatic N) is 5. The van der Waals surface area contributed by atoms with Crippen LogP contribution in [0.4, 0.5) is 10.6 Å². The number of hydrogen-bond acceptors (Lipinski definition) is 5. The van der Waals surface area contributed by atoms with Crippen molar-refractivity contribution in [3.8, 4) is 0 Å². The van der Waals surface area contributed by atoms with Gasteiger partial charge in [0, 0.05) is 58.0 Å². The van der Waals surface area contributed by atoms with Gasteiger partial charge < -0.3 is 10.0 Å². The van der Waals surface area contributed by atoms with Crippen LogP contribution in [0.2, 0.25) is 0 Å². The van der Waals surface area contributed by atoms with Crippen molar-refractivity contribution < 1.29 is 14.7 Å². The molecule has 8 nitrogen and oxygen atoms in total. The molecule has 1 aromatic carbocycles. The van der Waals surface area contributed by atoms with Crippen molar-refractivity contribution in [3.63, 3.8) is 0 Å². The molecule has 0 unspecified atom stereocenters. The molecular weight excluding hydrogens is 442 g/mol. The molecule has 35 heavy (non-hydrogen) atoms. The van der Waals surface area contributed by atoms with E-state index in [-0.39, 0.29) is 18.5 Å². The van der Waals surface area contributed by atoms with Crippen molar-refractivity contribution >= 4 is 17.8 Å². The smallest absolute Gasteiger partial charge is 0.326 e. The van der Waals surface area contributed by atoms with Gasteiger partial charge in [0.2, 0.25) is 0 Å². The maximum atomic E-state index is 13.3. The van der Waals surface area contributed by atoms with Crippen LogP contribution in [0.15, 0.2) is 36.5 Å². The SMILES string of the molecule is O=C(O)CCC1CCC(N2CCN(c3cnc4c(n3)CCN(Cc3ccccc3)CC4)C2=O)CC1. The van der Waals surface area contributed by atoms with Gasteiger partial charge in [-0.3, -0.25) is 19.6 Å². The van der Waals surface area contributed by atoms with E-state index < -0.39 is 5.97 Å². The Kier molecular flexibility index (Phi) is 7.27. The molecule has 0 radical (unpaired) electrons. The third-order valence-electron chi connectivity index (χ3n) is 7.84. The van der Waals surface area contributed by atoms with Crippen LogP contribution < -0.4 is 4.90 Å². The molecule has 2 aliphatic heterocycles. The van der Waals surface area contributed by atoms with E-state index in [0.717, 1.165) is 76.0 Å². The summed E-state index contributed by atoms with van der Waals surface area (Å²) in [6.45, 7) is 4.19. The van der Waals surface area contributed by atoms with Gasteiger partial charge >= 0.3 is 12.0 Å². The second kappa shape index (κ2) is 10.7. The molecule has 3 heterocycles. The molecule has 2 fully saturated rings. The number of carbonyl (C=O) groups excluding carboxylic acids is 1. The summed E-state index contributed by atoms with van der Waals surface area (Å²) in [6, 6.07) is 10.8. The molecule has 2 amide bonds. The van der Waals surface area contributed by atoms with Crippen molar-refractivity contribution in [3.05, 3.63) is 53.5 Å². The van der Waals surface area contributed by atoms with Crippen LogP contribution in [0.25, 0.3) is 0 Å². The molecule has 0 spiro atoms. The minimum atomic E-state index is -0.719. The van der Waals surface area contributed by atoms with Crippen molar-refractivity contribution in [2.24, 2.45) is 5.92 Å². The van der Waals surface area contributed by atoms with Gasteiger partial charge in [-0.1, -0.05) is 30.3 Å². The number of carboxylic acid groups (broad SMARTS) is 1. The van der Waals surface area contributed by atoms with Crippen molar-refractivity contribution in [2.45, 2.75) is 64.0 Å². The molecule has 1 saturated carbocycles. The predicted octanol–water partition coefficient (Wildman–Crippen LogP) is 3.74. The van der Waals surface area contributed by atoms with Gasteiger partial charge in [-0.2, -0.15) is 0 Å². The third-order valence-corrected chi connectivity index (χ3v) is 7.84. The molecule has 1 saturated heterocycles. The number of fused-ring (bicyclic) bond motifs is 1. The van der Waals surface area contributed by atoms with E-state index in [9.17, 15) is 9.59 Å². The van der Waals surface area contributed by atoms with E-state index in [1.807, 2.05) is 11.0 Å². The Morgan fingerprint density at radius 3 is 2.46 bits per heavy atom. The highest BCUT2D eigenvalue weighted by Gasteiger charge is 2.37. The minimum absolute atomic E-state index is 0.0348. The molecule has 186 valence electrons. The predicted molar refractivity (Wildman–Crippen MR) is 133 cm³/mol. The molecule has 8 heteroatoms. The number of carboxylic acids is 1. The Labute approximate surface area is 207 Å². The summed E-state index contributed by atoms with van der Waals surface area (Å²) in [7, 11) is 0. The normalized spacial score (nSPS) is 23.3. The van der Waals surface area contributed by atoms with E-state index >= 15 is 0 Å². The monoisotopic (exact) mass is 477 g/mol. The number of benzene rings is 1. The minimum Gasteiger partial charge on any atom is -0.481 e. The maximum Gasteiger partial charge on any atom is 0.326 e. The molecule has 0 atom stereocenters. The number of hydrogen-bond donors (Lipinski definition) is 1. The largest absolute Gasteiger partial charge is 0.481 e. The molecule has 5 rings (SSSR count). The lowest BCUT2D eigenvalue weighted by atomic mass is 9.83. The van der Waals surface area contributed by atoms with Gasteiger partial charge in [-0.15, -0.1) is 0 Å². The summed E-state index contributed by atoms with van der Waals surface area (Å²) < 4.78 is 0. The lowest BCUT2D eigenvalue weighted by molar-refractivity contribution is -0.137. The van der Waals surface area contributed by atoms with Crippen LogP contribution in [0.5, 0.6) is 0 Å². The van der Waals surface area contributed by atoms with Crippen LogP contribution in [0.1, 0.15) is 55.5 Å². The van der Waals surface area contributed by atoms with Gasteiger partial charge in [0.1, 0.15) is 0 Å². The van der Waals surface area contributed by atoms with Crippen LogP contribution in [-0.2, 0) is 24.2 Å². The first-order valence-corrected chi connectivity index (χ1v) is 13.0. The average molecular weight is 478 g/mol. The van der Waals surface area contributed by atoms with Crippen LogP contribution in [0, 0.1) is 5.92 Å². The highest BCUT2D eigenvalue weighted by atomic mass is 16.4. The summed E-state index contributed by atoms with van der Waals surface area (Å²) in [6.07, 6.45) is 8.39. The van der Waals surface area contributed by atoms with Crippen LogP contribution in [-0.4, -0.2) is 69.1 Å². The Hall–Kier alpha value is -3.00. The number of rotatable bonds is 7. The van der Waals surface area contributed by atoms with E-state index in [1.54, 1.807) is 11.1 Å². The lowest BCUT2D eigenvalue weighted by Gasteiger charge is -2.34. The number of carbonyl (C=O) groups is 2. The summed E-state index contributed by atoms with van der Waals surface area (Å²) >= 11 is 0. The van der Waals surface area contributed by atoms with Crippen LogP contribution in [0.3, 0.4) is 0 Å². The maximum absolute atomic E-state index is 13.3. The van der Waals surface area contributed by atoms with Crippen molar-refractivity contribution in [2.75, 3.05) is 31.1 Å². The van der Waals surface area contributed by atoms with Crippen molar-refractivity contribution in [1.29, 1.82) is 0 Å². The summed E-state index contributed by atoms with van der Waals surface area (Å²) in [4.78, 5) is 40.0. The first-order chi connectivity index (χ1) is 17.1. The fourth-order valence-electron chi connectivity index (χ4n) is 5.80. The molecule has 1 aliphatic carbocycles. The third kappa shape index (κ3) is 5.64. The Bertz CT molecular complexity index is 1040. The summed E-state index contributed by atoms with van der Waals surface area (Å²) in [5.74, 6) is 0.416. The molecule has 2 aromatic rings. The number of urea groups is 1. The van der Waals surface area contributed by atoms with Gasteiger partial charge in [0.15, 0.2) is 5.82 Å². The first-order valence-electron chi connectivity index (χ1n) is 13.0. The topological polar surface area (TPSA) is 89.9 Å². The number of aromatic nitrogens is 2. The Morgan fingerprint density at radius 1 is 0.971 bits per heavy atom. The Balaban J connectivity index is 1.18. The lowest BCUT2D eigenvalue weighted by Crippen LogP contribution is -2.41. The zero-order valence-electron chi connectivity index (χ0n) is 20.3. The fraction of sp³-hybridized carbons (Fsp3) is 0.556. The van der Waals surface area contributed by atoms with Crippen molar-refractivity contribution in [1.82, 2.24) is 19.8 Å². The van der Waals surface area contributed by atoms with Gasteiger partial charge in [-0.25, -0.2) is 9.78 Å².